The van der Waals surface area contributed by atoms with Crippen LogP contribution in [-0.2, 0) is 24.2 Å². The number of hydrogen-bond donors (Lipinski definition) is 3. The first-order valence-corrected chi connectivity index (χ1v) is 24.2. The molecule has 0 aromatic carbocycles. The summed E-state index contributed by atoms with van der Waals surface area (Å²) >= 11 is 0. The van der Waals surface area contributed by atoms with Gasteiger partial charge in [-0.3, -0.25) is 14.5 Å². The van der Waals surface area contributed by atoms with E-state index >= 15 is 0 Å². The quantitative estimate of drug-likeness (QED) is 0.208. The van der Waals surface area contributed by atoms with Gasteiger partial charge in [0.25, 0.3) is 0 Å². The molecule has 0 spiro atoms. The van der Waals surface area contributed by atoms with E-state index in [9.17, 15) is 23.1 Å². The number of ether oxygens (including phenoxy) is 1. The van der Waals surface area contributed by atoms with Crippen LogP contribution in [0.15, 0.2) is 0 Å². The van der Waals surface area contributed by atoms with Gasteiger partial charge in [-0.2, -0.15) is 0 Å². The van der Waals surface area contributed by atoms with Crippen LogP contribution >= 0.6 is 0 Å². The number of carbonyl (C=O) groups excluding carboxylic acids is 1. The van der Waals surface area contributed by atoms with Crippen LogP contribution in [0.25, 0.3) is 0 Å². The average Bonchev–Trinajstić information content (AvgIpc) is 3.46. The van der Waals surface area contributed by atoms with Crippen molar-refractivity contribution in [3.63, 3.8) is 0 Å². The third-order valence-electron chi connectivity index (χ3n) is 19.5. The maximum Gasteiger partial charge on any atom is 0.309 e. The van der Waals surface area contributed by atoms with Gasteiger partial charge in [0.2, 0.25) is 0 Å². The molecule has 0 radical (unpaired) electrons. The fourth-order valence-electron chi connectivity index (χ4n) is 15.9. The van der Waals surface area contributed by atoms with Gasteiger partial charge in [-0.25, -0.2) is 8.42 Å². The van der Waals surface area contributed by atoms with Crippen molar-refractivity contribution in [1.29, 1.82) is 0 Å². The van der Waals surface area contributed by atoms with Crippen LogP contribution in [0.3, 0.4) is 0 Å². The number of fused-ring (bicyclic) bond motifs is 7. The van der Waals surface area contributed by atoms with Gasteiger partial charge in [-0.15, -0.1) is 0 Å². The van der Waals surface area contributed by atoms with Crippen LogP contribution in [0, 0.1) is 74.4 Å². The molecule has 0 bridgehead atoms. The third kappa shape index (κ3) is 6.40. The van der Waals surface area contributed by atoms with Gasteiger partial charge in [0.1, 0.15) is 6.10 Å². The maximum atomic E-state index is 13.6. The second kappa shape index (κ2) is 13.9. The van der Waals surface area contributed by atoms with Gasteiger partial charge in [-0.1, -0.05) is 62.3 Å². The summed E-state index contributed by atoms with van der Waals surface area (Å²) in [6, 6.07) is 0.0850. The summed E-state index contributed by atoms with van der Waals surface area (Å²) in [5, 5.41) is 14.0. The molecular formula is C45H77N3O6S. The van der Waals surface area contributed by atoms with Crippen molar-refractivity contribution in [2.45, 2.75) is 164 Å². The summed E-state index contributed by atoms with van der Waals surface area (Å²) in [5.41, 5.74) is 6.67. The molecule has 1 saturated heterocycles. The zero-order valence-corrected chi connectivity index (χ0v) is 36.9. The fraction of sp³-hybridized carbons (Fsp3) is 0.956. The molecule has 2 unspecified atom stereocenters. The number of hydrogen-bond acceptors (Lipinski definition) is 8. The molecule has 0 amide bonds. The second-order valence-electron chi connectivity index (χ2n) is 22.6. The molecule has 6 saturated carbocycles. The molecule has 314 valence electrons. The Hall–Kier alpha value is -1.23. The summed E-state index contributed by atoms with van der Waals surface area (Å²) in [6.07, 6.45) is 12.0. The number of nitrogens with one attached hydrogen (secondary N) is 1. The van der Waals surface area contributed by atoms with E-state index in [1.807, 2.05) is 13.8 Å². The van der Waals surface area contributed by atoms with E-state index in [0.29, 0.717) is 55.0 Å². The Kier molecular flexibility index (Phi) is 10.6. The number of nitrogens with two attached hydrogens (primary N) is 1. The van der Waals surface area contributed by atoms with Crippen molar-refractivity contribution >= 4 is 21.8 Å². The highest BCUT2D eigenvalue weighted by Crippen LogP contribution is 2.76. The largest absolute Gasteiger partial charge is 0.481 e. The van der Waals surface area contributed by atoms with Crippen molar-refractivity contribution in [2.24, 2.45) is 80.2 Å². The number of carboxylic acid groups (broad SMARTS) is 1. The van der Waals surface area contributed by atoms with E-state index in [0.717, 1.165) is 25.8 Å². The number of nitrogens with zero attached hydrogens (tertiary/aromatic N) is 1. The second-order valence-corrected chi connectivity index (χ2v) is 24.9. The highest BCUT2D eigenvalue weighted by molar-refractivity contribution is 7.91. The lowest BCUT2D eigenvalue weighted by atomic mass is 9.32. The number of aliphatic carboxylic acids is 1. The summed E-state index contributed by atoms with van der Waals surface area (Å²) in [5.74, 6) is 2.30. The van der Waals surface area contributed by atoms with Gasteiger partial charge < -0.3 is 20.9 Å². The minimum Gasteiger partial charge on any atom is -0.481 e. The Labute approximate surface area is 333 Å². The van der Waals surface area contributed by atoms with Gasteiger partial charge in [0.05, 0.1) is 23.3 Å². The number of carboxylic acids is 1. The van der Waals surface area contributed by atoms with Crippen molar-refractivity contribution < 1.29 is 27.9 Å². The molecule has 0 aromatic heterocycles. The van der Waals surface area contributed by atoms with Crippen molar-refractivity contribution in [2.75, 3.05) is 31.1 Å². The van der Waals surface area contributed by atoms with E-state index < -0.39 is 27.1 Å². The molecule has 55 heavy (non-hydrogen) atoms. The predicted octanol–water partition coefficient (Wildman–Crippen LogP) is 7.17. The summed E-state index contributed by atoms with van der Waals surface area (Å²) < 4.78 is 31.0. The smallest absolute Gasteiger partial charge is 0.309 e. The lowest BCUT2D eigenvalue weighted by Crippen LogP contribution is -2.69. The summed E-state index contributed by atoms with van der Waals surface area (Å²) in [6.45, 7) is 25.5. The highest BCUT2D eigenvalue weighted by Gasteiger charge is 2.71. The Balaban J connectivity index is 1.10. The number of esters is 1. The van der Waals surface area contributed by atoms with Gasteiger partial charge in [-0.05, 0) is 135 Å². The van der Waals surface area contributed by atoms with Crippen LogP contribution in [0.1, 0.15) is 140 Å². The Morgan fingerprint density at radius 1 is 0.818 bits per heavy atom. The average molecular weight is 788 g/mol. The van der Waals surface area contributed by atoms with E-state index in [-0.39, 0.29) is 68.8 Å². The minimum atomic E-state index is -2.95. The highest BCUT2D eigenvalue weighted by atomic mass is 32.2. The Morgan fingerprint density at radius 2 is 1.49 bits per heavy atom. The fourth-order valence-corrected chi connectivity index (χ4v) is 17.1. The van der Waals surface area contributed by atoms with E-state index in [1.165, 1.54) is 44.9 Å². The molecule has 4 N–H and O–H groups in total. The third-order valence-corrected chi connectivity index (χ3v) is 21.1. The van der Waals surface area contributed by atoms with E-state index in [2.05, 4.69) is 65.6 Å². The van der Waals surface area contributed by atoms with Crippen molar-refractivity contribution in [1.82, 2.24) is 10.2 Å². The first kappa shape index (κ1) is 41.9. The molecule has 6 aliphatic carbocycles. The molecule has 0 aromatic rings. The predicted molar refractivity (Wildman–Crippen MR) is 218 cm³/mol. The van der Waals surface area contributed by atoms with E-state index in [4.69, 9.17) is 10.5 Å². The monoisotopic (exact) mass is 788 g/mol. The zero-order chi connectivity index (χ0) is 40.3. The molecule has 7 rings (SSSR count). The first-order valence-electron chi connectivity index (χ1n) is 22.3. The Morgan fingerprint density at radius 3 is 2.09 bits per heavy atom. The molecule has 10 heteroatoms. The van der Waals surface area contributed by atoms with Crippen LogP contribution < -0.4 is 11.1 Å². The molecule has 1 heterocycles. The molecule has 7 aliphatic rings. The van der Waals surface area contributed by atoms with Crippen LogP contribution in [-0.4, -0.2) is 85.2 Å². The maximum absolute atomic E-state index is 13.6. The minimum absolute atomic E-state index is 0.0400. The van der Waals surface area contributed by atoms with Crippen molar-refractivity contribution in [3.05, 3.63) is 0 Å². The van der Waals surface area contributed by atoms with Crippen molar-refractivity contribution in [3.8, 4) is 0 Å². The molecule has 9 nitrogen and oxygen atoms in total. The van der Waals surface area contributed by atoms with Crippen LogP contribution in [0.2, 0.25) is 0 Å². The topological polar surface area (TPSA) is 139 Å². The SMILES string of the molecule is CC(N)C(CN[C@]12CC[C@@H](C(C)C)[C@@H]1[C@H]1CC[C@@H]3[C@@]4(C)CC[C@H](OC(=O)[C@H]5C[C@@H](C(=O)O)C5(C)C)C(C)(C)[C@@H]4CC[C@@]3(C)[C@]1(C)CC2)N1CCS(=O)(=O)CC1. The van der Waals surface area contributed by atoms with Gasteiger partial charge in [0.15, 0.2) is 9.84 Å². The molecular weight excluding hydrogens is 711 g/mol. The van der Waals surface area contributed by atoms with Gasteiger partial charge in [0, 0.05) is 42.7 Å². The number of sulfone groups is 1. The van der Waals surface area contributed by atoms with Crippen LogP contribution in [0.4, 0.5) is 0 Å². The summed E-state index contributed by atoms with van der Waals surface area (Å²) in [7, 11) is -2.95. The lowest BCUT2D eigenvalue weighted by molar-refractivity contribution is -0.249. The summed E-state index contributed by atoms with van der Waals surface area (Å²) in [4.78, 5) is 27.8. The lowest BCUT2D eigenvalue weighted by Gasteiger charge is -2.73. The van der Waals surface area contributed by atoms with E-state index in [1.54, 1.807) is 0 Å². The molecule has 1 aliphatic heterocycles. The standard InChI is InChI=1S/C45H77N3O6S/c1-27(2)29-13-18-45(47-26-33(28(3)46)48-21-23-55(52,53)24-22-48)20-19-43(9)30(37(29)45)11-12-35-42(8)16-15-36(41(6,7)34(42)14-17-44(35,43)10)54-39(51)32-25-31(38(49)50)40(32,4)5/h27-37,47H,11-26,46H2,1-10H3,(H,49,50)/t28?,29-,30+,31-,32+,33?,34-,35+,36-,37+,42-,43+,44+,45-/m0/s1. The van der Waals surface area contributed by atoms with Gasteiger partial charge >= 0.3 is 11.9 Å². The molecule has 7 fully saturated rings. The number of rotatable bonds is 9. The van der Waals surface area contributed by atoms with Crippen LogP contribution in [0.5, 0.6) is 0 Å². The zero-order valence-electron chi connectivity index (χ0n) is 36.1. The molecule has 14 atom stereocenters. The Bertz CT molecular complexity index is 1600. The normalized spacial score (nSPS) is 46.9. The first-order chi connectivity index (χ1) is 25.5. The number of carbonyl (C=O) groups is 2.